The Morgan fingerprint density at radius 2 is 2.00 bits per heavy atom. The Kier molecular flexibility index (Phi) is 5.65. The van der Waals surface area contributed by atoms with E-state index in [1.165, 1.54) is 17.5 Å². The zero-order valence-corrected chi connectivity index (χ0v) is 14.1. The molecule has 1 amide bonds. The highest BCUT2D eigenvalue weighted by atomic mass is 16.5. The molecule has 2 N–H and O–H groups in total. The quantitative estimate of drug-likeness (QED) is 0.664. The van der Waals surface area contributed by atoms with E-state index in [1.807, 2.05) is 0 Å². The largest absolute Gasteiger partial charge is 0.381 e. The van der Waals surface area contributed by atoms with E-state index in [0.717, 1.165) is 18.9 Å². The highest BCUT2D eigenvalue weighted by molar-refractivity contribution is 5.80. The van der Waals surface area contributed by atoms with E-state index in [1.54, 1.807) is 24.3 Å². The summed E-state index contributed by atoms with van der Waals surface area (Å²) in [4.78, 5) is 36.2. The number of fused-ring (bicyclic) bond motifs is 1. The first-order valence-electron chi connectivity index (χ1n) is 8.71. The van der Waals surface area contributed by atoms with Gasteiger partial charge in [-0.25, -0.2) is 4.68 Å². The highest BCUT2D eigenvalue weighted by Crippen LogP contribution is 2.28. The van der Waals surface area contributed by atoms with Crippen LogP contribution in [0, 0.1) is 5.92 Å². The Morgan fingerprint density at radius 1 is 1.24 bits per heavy atom. The van der Waals surface area contributed by atoms with Crippen molar-refractivity contribution in [3.8, 4) is 0 Å². The lowest BCUT2D eigenvalue weighted by Crippen LogP contribution is -2.32. The van der Waals surface area contributed by atoms with Gasteiger partial charge in [0, 0.05) is 26.2 Å². The number of hydrogen-bond acceptors (Lipinski definition) is 4. The number of nitrogens with zero attached hydrogens (tertiary/aromatic N) is 1. The van der Waals surface area contributed by atoms with Crippen molar-refractivity contribution in [1.29, 1.82) is 0 Å². The van der Waals surface area contributed by atoms with Crippen molar-refractivity contribution in [2.24, 2.45) is 5.92 Å². The monoisotopic (exact) mass is 345 g/mol. The molecule has 0 bridgehead atoms. The standard InChI is InChI=1S/C18H23N3O4/c22-16(19-9-3-11-25-12-13-6-7-13)8-10-21-18(24)15-5-2-1-4-14(15)17(23)20-21/h1-2,4-5,13H,3,6-12H2,(H,19,22)(H,20,23). The van der Waals surface area contributed by atoms with Gasteiger partial charge in [0.25, 0.3) is 11.1 Å². The molecule has 25 heavy (non-hydrogen) atoms. The number of hydrogen-bond donors (Lipinski definition) is 2. The first-order chi connectivity index (χ1) is 12.1. The predicted molar refractivity (Wildman–Crippen MR) is 94.6 cm³/mol. The number of H-pyrrole nitrogens is 1. The van der Waals surface area contributed by atoms with Crippen LogP contribution in [0.1, 0.15) is 25.7 Å². The SMILES string of the molecule is O=C(CCn1[nH]c(=O)c2ccccc2c1=O)NCCCOCC1CC1. The lowest BCUT2D eigenvalue weighted by Gasteiger charge is -2.08. The molecule has 3 rings (SSSR count). The maximum absolute atomic E-state index is 12.3. The summed E-state index contributed by atoms with van der Waals surface area (Å²) in [5.41, 5.74) is -0.625. The molecule has 0 aliphatic heterocycles. The molecule has 1 aliphatic carbocycles. The normalized spacial score (nSPS) is 13.9. The van der Waals surface area contributed by atoms with Crippen LogP contribution in [0.15, 0.2) is 33.9 Å². The molecule has 0 unspecified atom stereocenters. The fourth-order valence-corrected chi connectivity index (χ4v) is 2.64. The third-order valence-corrected chi connectivity index (χ3v) is 4.28. The topological polar surface area (TPSA) is 93.2 Å². The zero-order chi connectivity index (χ0) is 17.6. The Bertz CT molecular complexity index is 851. The smallest absolute Gasteiger partial charge is 0.273 e. The molecule has 0 saturated heterocycles. The van der Waals surface area contributed by atoms with E-state index < -0.39 is 0 Å². The average molecular weight is 345 g/mol. The predicted octanol–water partition coefficient (Wildman–Crippen LogP) is 1.01. The Hall–Kier alpha value is -2.41. The number of aromatic amines is 1. The van der Waals surface area contributed by atoms with Gasteiger partial charge in [0.2, 0.25) is 5.91 Å². The van der Waals surface area contributed by atoms with Gasteiger partial charge in [0.15, 0.2) is 0 Å². The number of ether oxygens (including phenoxy) is 1. The third-order valence-electron chi connectivity index (χ3n) is 4.28. The van der Waals surface area contributed by atoms with Gasteiger partial charge in [-0.2, -0.15) is 0 Å². The van der Waals surface area contributed by atoms with Crippen LogP contribution in [0.5, 0.6) is 0 Å². The molecule has 134 valence electrons. The fourth-order valence-electron chi connectivity index (χ4n) is 2.64. The van der Waals surface area contributed by atoms with Crippen LogP contribution in [0.3, 0.4) is 0 Å². The summed E-state index contributed by atoms with van der Waals surface area (Å²) in [6, 6.07) is 6.65. The number of nitrogens with one attached hydrogen (secondary N) is 2. The molecule has 0 spiro atoms. The molecular formula is C18H23N3O4. The lowest BCUT2D eigenvalue weighted by atomic mass is 10.2. The van der Waals surface area contributed by atoms with Gasteiger partial charge >= 0.3 is 0 Å². The number of benzene rings is 1. The van der Waals surface area contributed by atoms with E-state index in [9.17, 15) is 14.4 Å². The minimum atomic E-state index is -0.330. The van der Waals surface area contributed by atoms with Gasteiger partial charge in [-0.3, -0.25) is 19.5 Å². The van der Waals surface area contributed by atoms with E-state index in [4.69, 9.17) is 4.74 Å². The number of amides is 1. The molecule has 0 atom stereocenters. The second-order valence-corrected chi connectivity index (χ2v) is 6.42. The number of aryl methyl sites for hydroxylation is 1. The van der Waals surface area contributed by atoms with Gasteiger partial charge in [-0.15, -0.1) is 0 Å². The lowest BCUT2D eigenvalue weighted by molar-refractivity contribution is -0.121. The van der Waals surface area contributed by atoms with Crippen molar-refractivity contribution in [2.45, 2.75) is 32.2 Å². The van der Waals surface area contributed by atoms with Gasteiger partial charge < -0.3 is 10.1 Å². The summed E-state index contributed by atoms with van der Waals surface area (Å²) in [6.07, 6.45) is 3.45. The minimum Gasteiger partial charge on any atom is -0.381 e. The molecule has 1 aromatic heterocycles. The first-order valence-corrected chi connectivity index (χ1v) is 8.71. The Morgan fingerprint density at radius 3 is 2.76 bits per heavy atom. The minimum absolute atomic E-state index is 0.136. The summed E-state index contributed by atoms with van der Waals surface area (Å²) in [5, 5.41) is 6.05. The maximum Gasteiger partial charge on any atom is 0.273 e. The van der Waals surface area contributed by atoms with Crippen LogP contribution in [-0.4, -0.2) is 35.4 Å². The van der Waals surface area contributed by atoms with Crippen LogP contribution < -0.4 is 16.4 Å². The number of carbonyl (C=O) groups is 1. The highest BCUT2D eigenvalue weighted by Gasteiger charge is 2.20. The number of aromatic nitrogens is 2. The van der Waals surface area contributed by atoms with Crippen molar-refractivity contribution in [1.82, 2.24) is 15.1 Å². The van der Waals surface area contributed by atoms with Crippen LogP contribution in [-0.2, 0) is 16.1 Å². The molecule has 1 fully saturated rings. The van der Waals surface area contributed by atoms with Crippen LogP contribution in [0.25, 0.3) is 10.8 Å². The van der Waals surface area contributed by atoms with Gasteiger partial charge in [-0.05, 0) is 37.3 Å². The van der Waals surface area contributed by atoms with Crippen molar-refractivity contribution < 1.29 is 9.53 Å². The van der Waals surface area contributed by atoms with Crippen molar-refractivity contribution >= 4 is 16.7 Å². The molecule has 1 aliphatic rings. The number of carbonyl (C=O) groups excluding carboxylic acids is 1. The number of rotatable bonds is 9. The Labute approximate surface area is 145 Å². The second-order valence-electron chi connectivity index (χ2n) is 6.42. The summed E-state index contributed by atoms with van der Waals surface area (Å²) in [6.45, 7) is 2.16. The fraction of sp³-hybridized carbons (Fsp3) is 0.500. The van der Waals surface area contributed by atoms with Crippen LogP contribution >= 0.6 is 0 Å². The van der Waals surface area contributed by atoms with Gasteiger partial charge in [0.1, 0.15) is 0 Å². The summed E-state index contributed by atoms with van der Waals surface area (Å²) < 4.78 is 6.70. The van der Waals surface area contributed by atoms with E-state index in [2.05, 4.69) is 10.4 Å². The third kappa shape index (κ3) is 4.79. The summed E-state index contributed by atoms with van der Waals surface area (Å²) >= 11 is 0. The first kappa shape index (κ1) is 17.4. The van der Waals surface area contributed by atoms with Crippen molar-refractivity contribution in [3.63, 3.8) is 0 Å². The average Bonchev–Trinajstić information content (AvgIpc) is 3.44. The van der Waals surface area contributed by atoms with E-state index in [0.29, 0.717) is 23.9 Å². The second kappa shape index (κ2) is 8.11. The van der Waals surface area contributed by atoms with E-state index >= 15 is 0 Å². The molecule has 7 nitrogen and oxygen atoms in total. The van der Waals surface area contributed by atoms with E-state index in [-0.39, 0.29) is 30.0 Å². The molecule has 7 heteroatoms. The summed E-state index contributed by atoms with van der Waals surface area (Å²) in [5.74, 6) is 0.597. The molecule has 1 saturated carbocycles. The van der Waals surface area contributed by atoms with Crippen molar-refractivity contribution in [2.75, 3.05) is 19.8 Å². The zero-order valence-electron chi connectivity index (χ0n) is 14.1. The molecule has 1 aromatic carbocycles. The van der Waals surface area contributed by atoms with Gasteiger partial charge in [-0.1, -0.05) is 12.1 Å². The molecular weight excluding hydrogens is 322 g/mol. The summed E-state index contributed by atoms with van der Waals surface area (Å²) in [7, 11) is 0. The van der Waals surface area contributed by atoms with Crippen LogP contribution in [0.4, 0.5) is 0 Å². The van der Waals surface area contributed by atoms with Gasteiger partial charge in [0.05, 0.1) is 17.3 Å². The maximum atomic E-state index is 12.3. The van der Waals surface area contributed by atoms with Crippen molar-refractivity contribution in [3.05, 3.63) is 45.0 Å². The molecule has 0 radical (unpaired) electrons. The molecule has 1 heterocycles. The Balaban J connectivity index is 1.45. The molecule has 2 aromatic rings. The van der Waals surface area contributed by atoms with Crippen LogP contribution in [0.2, 0.25) is 0 Å².